The van der Waals surface area contributed by atoms with Crippen LogP contribution in [0.25, 0.3) is 10.2 Å². The molecule has 15 heavy (non-hydrogen) atoms. The molecule has 3 nitrogen and oxygen atoms in total. The topological polar surface area (TPSA) is 45.1 Å². The molecule has 1 aliphatic heterocycles. The van der Waals surface area contributed by atoms with Crippen LogP contribution in [0.1, 0.15) is 5.01 Å². The molecule has 1 aromatic carbocycles. The average Bonchev–Trinajstić information content (AvgIpc) is 2.86. The zero-order valence-electron chi connectivity index (χ0n) is 7.60. The van der Waals surface area contributed by atoms with E-state index >= 15 is 0 Å². The third kappa shape index (κ3) is 1.48. The summed E-state index contributed by atoms with van der Waals surface area (Å²) < 4.78 is 1.01. The highest BCUT2D eigenvalue weighted by Gasteiger charge is 2.19. The summed E-state index contributed by atoms with van der Waals surface area (Å²) in [6, 6.07) is 5.45. The van der Waals surface area contributed by atoms with Crippen LogP contribution in [0.5, 0.6) is 5.75 Å². The van der Waals surface area contributed by atoms with Gasteiger partial charge in [-0.1, -0.05) is 17.8 Å². The Morgan fingerprint density at radius 2 is 2.27 bits per heavy atom. The lowest BCUT2D eigenvalue weighted by Crippen LogP contribution is -2.07. The molecule has 1 radical (unpaired) electrons. The fourth-order valence-electron chi connectivity index (χ4n) is 1.39. The minimum absolute atomic E-state index is 0.242. The van der Waals surface area contributed by atoms with Gasteiger partial charge in [0, 0.05) is 6.20 Å². The van der Waals surface area contributed by atoms with Gasteiger partial charge < -0.3 is 10.4 Å². The van der Waals surface area contributed by atoms with Gasteiger partial charge in [-0.05, 0) is 17.5 Å². The summed E-state index contributed by atoms with van der Waals surface area (Å²) in [7, 11) is 0. The minimum atomic E-state index is 0.242. The number of para-hydroxylation sites is 1. The molecule has 75 valence electrons. The number of hydrogen-bond acceptors (Lipinski definition) is 5. The van der Waals surface area contributed by atoms with Gasteiger partial charge in [-0.2, -0.15) is 0 Å². The Morgan fingerprint density at radius 1 is 1.33 bits per heavy atom. The van der Waals surface area contributed by atoms with E-state index in [-0.39, 0.29) is 5.75 Å². The standard InChI is InChI=1S/C10H7N2OS2/c13-6-2-1-3-7-8(6)12-10(15-7)9-11-4-5-14-9/h1-5,11,13H. The molecule has 3 rings (SSSR count). The number of phenols is 1. The summed E-state index contributed by atoms with van der Waals surface area (Å²) in [5, 5.41) is 16.7. The molecule has 0 saturated heterocycles. The first kappa shape index (κ1) is 9.06. The minimum Gasteiger partial charge on any atom is -0.506 e. The molecule has 0 bridgehead atoms. The molecule has 2 N–H and O–H groups in total. The molecule has 0 fully saturated rings. The lowest BCUT2D eigenvalue weighted by molar-refractivity contribution is 0.480. The SMILES string of the molecule is Oc1cccc2sc([C]3NC=CS3)nc12. The van der Waals surface area contributed by atoms with Gasteiger partial charge in [0.25, 0.3) is 0 Å². The number of phenolic OH excluding ortho intramolecular Hbond substituents is 1. The summed E-state index contributed by atoms with van der Waals surface area (Å²) in [6.45, 7) is 0. The van der Waals surface area contributed by atoms with Crippen LogP contribution >= 0.6 is 23.1 Å². The van der Waals surface area contributed by atoms with Crippen molar-refractivity contribution < 1.29 is 5.11 Å². The highest BCUT2D eigenvalue weighted by Crippen LogP contribution is 2.37. The number of aromatic hydroxyl groups is 1. The molecular formula is C10H7N2OS2. The van der Waals surface area contributed by atoms with Crippen molar-refractivity contribution in [3.8, 4) is 5.75 Å². The average molecular weight is 235 g/mol. The molecule has 1 aromatic heterocycles. The van der Waals surface area contributed by atoms with Crippen molar-refractivity contribution in [3.63, 3.8) is 0 Å². The molecule has 1 aliphatic rings. The number of aromatic nitrogens is 1. The summed E-state index contributed by atoms with van der Waals surface area (Å²) >= 11 is 3.19. The summed E-state index contributed by atoms with van der Waals surface area (Å²) in [6.07, 6.45) is 1.88. The van der Waals surface area contributed by atoms with Crippen molar-refractivity contribution in [3.05, 3.63) is 40.2 Å². The van der Waals surface area contributed by atoms with E-state index in [2.05, 4.69) is 10.3 Å². The van der Waals surface area contributed by atoms with E-state index in [4.69, 9.17) is 0 Å². The zero-order valence-corrected chi connectivity index (χ0v) is 9.23. The maximum Gasteiger partial charge on any atom is 0.180 e. The molecule has 0 unspecified atom stereocenters. The predicted octanol–water partition coefficient (Wildman–Crippen LogP) is 2.65. The Balaban J connectivity index is 2.10. The van der Waals surface area contributed by atoms with E-state index in [1.165, 1.54) is 0 Å². The van der Waals surface area contributed by atoms with Crippen molar-refractivity contribution in [2.24, 2.45) is 0 Å². The number of hydrogen-bond donors (Lipinski definition) is 2. The molecular weight excluding hydrogens is 228 g/mol. The monoisotopic (exact) mass is 235 g/mol. The van der Waals surface area contributed by atoms with E-state index in [1.54, 1.807) is 29.2 Å². The number of thiazole rings is 1. The van der Waals surface area contributed by atoms with E-state index in [1.807, 2.05) is 23.7 Å². The van der Waals surface area contributed by atoms with Crippen LogP contribution in [0, 0.1) is 5.37 Å². The zero-order chi connectivity index (χ0) is 10.3. The maximum absolute atomic E-state index is 9.62. The molecule has 5 heteroatoms. The number of benzene rings is 1. The van der Waals surface area contributed by atoms with Gasteiger partial charge in [0.15, 0.2) is 5.37 Å². The highest BCUT2D eigenvalue weighted by atomic mass is 32.2. The van der Waals surface area contributed by atoms with Gasteiger partial charge >= 0.3 is 0 Å². The van der Waals surface area contributed by atoms with Gasteiger partial charge in [0.2, 0.25) is 0 Å². The van der Waals surface area contributed by atoms with E-state index < -0.39 is 0 Å². The second kappa shape index (κ2) is 3.43. The maximum atomic E-state index is 9.62. The molecule has 0 spiro atoms. The quantitative estimate of drug-likeness (QED) is 0.797. The van der Waals surface area contributed by atoms with E-state index in [9.17, 15) is 5.11 Å². The number of nitrogens with zero attached hydrogens (tertiary/aromatic N) is 1. The molecule has 0 atom stereocenters. The van der Waals surface area contributed by atoms with Crippen molar-refractivity contribution in [2.45, 2.75) is 0 Å². The first-order valence-corrected chi connectivity index (χ1v) is 6.08. The first-order chi connectivity index (χ1) is 7.34. The largest absolute Gasteiger partial charge is 0.506 e. The first-order valence-electron chi connectivity index (χ1n) is 4.38. The second-order valence-electron chi connectivity index (χ2n) is 3.04. The van der Waals surface area contributed by atoms with Gasteiger partial charge in [-0.25, -0.2) is 4.98 Å². The summed E-state index contributed by atoms with van der Waals surface area (Å²) in [4.78, 5) is 4.40. The van der Waals surface area contributed by atoms with Crippen molar-refractivity contribution in [1.29, 1.82) is 0 Å². The van der Waals surface area contributed by atoms with Crippen LogP contribution < -0.4 is 5.32 Å². The van der Waals surface area contributed by atoms with Crippen molar-refractivity contribution in [1.82, 2.24) is 10.3 Å². The Labute approximate surface area is 94.8 Å². The summed E-state index contributed by atoms with van der Waals surface area (Å²) in [5.74, 6) is 0.242. The van der Waals surface area contributed by atoms with E-state index in [0.717, 1.165) is 15.1 Å². The van der Waals surface area contributed by atoms with E-state index in [0.29, 0.717) is 5.52 Å². The van der Waals surface area contributed by atoms with Crippen molar-refractivity contribution >= 4 is 33.3 Å². The van der Waals surface area contributed by atoms with Gasteiger partial charge in [-0.3, -0.25) is 0 Å². The third-order valence-electron chi connectivity index (χ3n) is 2.06. The molecule has 0 amide bonds. The van der Waals surface area contributed by atoms with Gasteiger partial charge in [0.1, 0.15) is 16.3 Å². The lowest BCUT2D eigenvalue weighted by Gasteiger charge is -2.02. The highest BCUT2D eigenvalue weighted by molar-refractivity contribution is 8.05. The molecule has 0 aliphatic carbocycles. The van der Waals surface area contributed by atoms with Crippen LogP contribution in [-0.4, -0.2) is 10.1 Å². The third-order valence-corrected chi connectivity index (χ3v) is 4.05. The predicted molar refractivity (Wildman–Crippen MR) is 63.5 cm³/mol. The van der Waals surface area contributed by atoms with Gasteiger partial charge in [0.05, 0.1) is 4.70 Å². The van der Waals surface area contributed by atoms with Crippen molar-refractivity contribution in [2.75, 3.05) is 0 Å². The fraction of sp³-hybridized carbons (Fsp3) is 0. The van der Waals surface area contributed by atoms with Crippen LogP contribution in [-0.2, 0) is 0 Å². The Kier molecular flexibility index (Phi) is 2.07. The normalized spacial score (nSPS) is 16.0. The number of thioether (sulfide) groups is 1. The van der Waals surface area contributed by atoms with Crippen LogP contribution in [0.4, 0.5) is 0 Å². The lowest BCUT2D eigenvalue weighted by atomic mass is 10.3. The van der Waals surface area contributed by atoms with Gasteiger partial charge in [-0.15, -0.1) is 11.3 Å². The summed E-state index contributed by atoms with van der Waals surface area (Å²) in [5.41, 5.74) is 0.680. The van der Waals surface area contributed by atoms with Crippen LogP contribution in [0.15, 0.2) is 29.8 Å². The molecule has 2 heterocycles. The Hall–Kier alpha value is -1.20. The number of fused-ring (bicyclic) bond motifs is 1. The number of nitrogens with one attached hydrogen (secondary N) is 1. The number of rotatable bonds is 1. The van der Waals surface area contributed by atoms with Crippen LogP contribution in [0.3, 0.4) is 0 Å². The molecule has 0 saturated carbocycles. The second-order valence-corrected chi connectivity index (χ2v) is 4.98. The molecule has 2 aromatic rings. The Bertz CT molecular complexity index is 527. The van der Waals surface area contributed by atoms with Crippen LogP contribution in [0.2, 0.25) is 0 Å². The Morgan fingerprint density at radius 3 is 3.00 bits per heavy atom. The smallest absolute Gasteiger partial charge is 0.180 e. The fourth-order valence-corrected chi connectivity index (χ4v) is 3.10.